The lowest BCUT2D eigenvalue weighted by atomic mass is 10.0. The predicted molar refractivity (Wildman–Crippen MR) is 62.5 cm³/mol. The van der Waals surface area contributed by atoms with E-state index in [0.717, 1.165) is 10.0 Å². The normalized spacial score (nSPS) is 12.2. The van der Waals surface area contributed by atoms with Crippen molar-refractivity contribution < 1.29 is 9.53 Å². The molecular weight excluding hydrogens is 258 g/mol. The van der Waals surface area contributed by atoms with Crippen LogP contribution in [-0.4, -0.2) is 19.1 Å². The van der Waals surface area contributed by atoms with E-state index in [2.05, 4.69) is 20.7 Å². The summed E-state index contributed by atoms with van der Waals surface area (Å²) in [6, 6.07) is 7.64. The van der Waals surface area contributed by atoms with Crippen molar-refractivity contribution in [1.29, 1.82) is 0 Å². The summed E-state index contributed by atoms with van der Waals surface area (Å²) in [6.45, 7) is 0. The van der Waals surface area contributed by atoms with Crippen molar-refractivity contribution in [2.24, 2.45) is 5.73 Å². The Balaban J connectivity index is 2.55. The Kier molecular flexibility index (Phi) is 4.78. The van der Waals surface area contributed by atoms with Gasteiger partial charge in [-0.15, -0.1) is 0 Å². The van der Waals surface area contributed by atoms with Crippen molar-refractivity contribution in [1.82, 2.24) is 0 Å². The smallest absolute Gasteiger partial charge is 0.307 e. The number of nitrogens with two attached hydrogens (primary N) is 1. The highest BCUT2D eigenvalue weighted by molar-refractivity contribution is 9.10. The summed E-state index contributed by atoms with van der Waals surface area (Å²) < 4.78 is 5.58. The molecule has 1 aromatic rings. The van der Waals surface area contributed by atoms with Crippen molar-refractivity contribution in [3.63, 3.8) is 0 Å². The van der Waals surface area contributed by atoms with E-state index in [4.69, 9.17) is 5.73 Å². The fraction of sp³-hybridized carbons (Fsp3) is 0.364. The molecule has 0 bridgehead atoms. The minimum atomic E-state index is -0.269. The zero-order chi connectivity index (χ0) is 11.3. The minimum absolute atomic E-state index is 0.198. The van der Waals surface area contributed by atoms with Gasteiger partial charge in [-0.05, 0) is 18.1 Å². The van der Waals surface area contributed by atoms with E-state index in [1.165, 1.54) is 7.11 Å². The van der Waals surface area contributed by atoms with E-state index in [-0.39, 0.29) is 18.4 Å². The number of ether oxygens (including phenoxy) is 1. The van der Waals surface area contributed by atoms with Crippen molar-refractivity contribution in [3.05, 3.63) is 34.3 Å². The van der Waals surface area contributed by atoms with Crippen molar-refractivity contribution in [2.75, 3.05) is 7.11 Å². The molecule has 0 aliphatic carbocycles. The molecule has 4 heteroatoms. The Morgan fingerprint density at radius 2 is 2.20 bits per heavy atom. The van der Waals surface area contributed by atoms with E-state index >= 15 is 0 Å². The molecule has 0 spiro atoms. The fourth-order valence-electron chi connectivity index (χ4n) is 1.32. The fourth-order valence-corrected chi connectivity index (χ4v) is 1.76. The van der Waals surface area contributed by atoms with Crippen LogP contribution in [-0.2, 0) is 16.0 Å². The number of carbonyl (C=O) groups excluding carboxylic acids is 1. The molecule has 0 amide bonds. The van der Waals surface area contributed by atoms with Crippen LogP contribution < -0.4 is 5.73 Å². The molecule has 0 unspecified atom stereocenters. The maximum Gasteiger partial charge on any atom is 0.307 e. The average molecular weight is 272 g/mol. The highest BCUT2D eigenvalue weighted by Crippen LogP contribution is 2.17. The Morgan fingerprint density at radius 3 is 2.80 bits per heavy atom. The van der Waals surface area contributed by atoms with Gasteiger partial charge in [-0.2, -0.15) is 0 Å². The largest absolute Gasteiger partial charge is 0.469 e. The quantitative estimate of drug-likeness (QED) is 0.851. The van der Waals surface area contributed by atoms with Crippen LogP contribution in [0.2, 0.25) is 0 Å². The van der Waals surface area contributed by atoms with E-state index in [1.807, 2.05) is 24.3 Å². The average Bonchev–Trinajstić information content (AvgIpc) is 2.21. The monoisotopic (exact) mass is 271 g/mol. The maximum atomic E-state index is 11.0. The van der Waals surface area contributed by atoms with Crippen LogP contribution in [0.1, 0.15) is 12.0 Å². The zero-order valence-electron chi connectivity index (χ0n) is 8.57. The topological polar surface area (TPSA) is 52.3 Å². The number of hydrogen-bond donors (Lipinski definition) is 1. The number of carbonyl (C=O) groups is 1. The number of benzene rings is 1. The summed E-state index contributed by atoms with van der Waals surface area (Å²) in [7, 11) is 1.37. The van der Waals surface area contributed by atoms with Crippen molar-refractivity contribution in [3.8, 4) is 0 Å². The van der Waals surface area contributed by atoms with Crippen LogP contribution in [0.4, 0.5) is 0 Å². The molecular formula is C11H14BrNO2. The van der Waals surface area contributed by atoms with Gasteiger partial charge < -0.3 is 10.5 Å². The number of rotatable bonds is 4. The number of esters is 1. The van der Waals surface area contributed by atoms with Gasteiger partial charge in [0.05, 0.1) is 13.5 Å². The number of halogens is 1. The molecule has 0 saturated carbocycles. The summed E-state index contributed by atoms with van der Waals surface area (Å²) in [5, 5.41) is 0. The number of methoxy groups -OCH3 is 1. The van der Waals surface area contributed by atoms with Gasteiger partial charge in [0.15, 0.2) is 0 Å². The Morgan fingerprint density at radius 1 is 1.53 bits per heavy atom. The van der Waals surface area contributed by atoms with Crippen LogP contribution in [0.3, 0.4) is 0 Å². The van der Waals surface area contributed by atoms with Gasteiger partial charge in [0.2, 0.25) is 0 Å². The second-order valence-corrected chi connectivity index (χ2v) is 4.19. The summed E-state index contributed by atoms with van der Waals surface area (Å²) in [5.41, 5.74) is 6.93. The standard InChI is InChI=1S/C11H14BrNO2/c1-15-11(14)7-9(13)6-8-4-2-3-5-10(8)12/h2-5,9H,6-7,13H2,1H3/t9-/m0/s1. The summed E-state index contributed by atoms with van der Waals surface area (Å²) in [6.07, 6.45) is 0.911. The van der Waals surface area contributed by atoms with Gasteiger partial charge in [0.1, 0.15) is 0 Å². The molecule has 0 aliphatic rings. The maximum absolute atomic E-state index is 11.0. The minimum Gasteiger partial charge on any atom is -0.469 e. The summed E-state index contributed by atoms with van der Waals surface area (Å²) in [5.74, 6) is -0.269. The first kappa shape index (κ1) is 12.2. The molecule has 0 fully saturated rings. The molecule has 0 aliphatic heterocycles. The second-order valence-electron chi connectivity index (χ2n) is 3.34. The predicted octanol–water partition coefficient (Wildman–Crippen LogP) is 1.88. The molecule has 0 aromatic heterocycles. The molecule has 1 atom stereocenters. The van der Waals surface area contributed by atoms with Crippen LogP contribution in [0.25, 0.3) is 0 Å². The summed E-state index contributed by atoms with van der Waals surface area (Å²) >= 11 is 3.44. The van der Waals surface area contributed by atoms with Gasteiger partial charge >= 0.3 is 5.97 Å². The Labute approximate surface area is 97.7 Å². The summed E-state index contributed by atoms with van der Waals surface area (Å²) in [4.78, 5) is 11.0. The van der Waals surface area contributed by atoms with Gasteiger partial charge in [0.25, 0.3) is 0 Å². The lowest BCUT2D eigenvalue weighted by Gasteiger charge is -2.11. The highest BCUT2D eigenvalue weighted by atomic mass is 79.9. The van der Waals surface area contributed by atoms with E-state index in [0.29, 0.717) is 6.42 Å². The van der Waals surface area contributed by atoms with Crippen molar-refractivity contribution >= 4 is 21.9 Å². The van der Waals surface area contributed by atoms with Crippen molar-refractivity contribution in [2.45, 2.75) is 18.9 Å². The Bertz CT molecular complexity index is 341. The zero-order valence-corrected chi connectivity index (χ0v) is 10.2. The van der Waals surface area contributed by atoms with E-state index < -0.39 is 0 Å². The molecule has 1 rings (SSSR count). The SMILES string of the molecule is COC(=O)C[C@@H](N)Cc1ccccc1Br. The second kappa shape index (κ2) is 5.88. The molecule has 0 radical (unpaired) electrons. The van der Waals surface area contributed by atoms with Gasteiger partial charge in [-0.1, -0.05) is 34.1 Å². The van der Waals surface area contributed by atoms with Crippen LogP contribution in [0.15, 0.2) is 28.7 Å². The molecule has 1 aromatic carbocycles. The number of hydrogen-bond acceptors (Lipinski definition) is 3. The molecule has 15 heavy (non-hydrogen) atoms. The molecule has 82 valence electrons. The van der Waals surface area contributed by atoms with E-state index in [9.17, 15) is 4.79 Å². The third-order valence-corrected chi connectivity index (χ3v) is 2.87. The third-order valence-electron chi connectivity index (χ3n) is 2.10. The first-order valence-corrected chi connectivity index (χ1v) is 5.48. The first-order chi connectivity index (χ1) is 7.13. The molecule has 3 nitrogen and oxygen atoms in total. The van der Waals surface area contributed by atoms with Gasteiger partial charge in [-0.3, -0.25) is 4.79 Å². The van der Waals surface area contributed by atoms with Crippen LogP contribution in [0.5, 0.6) is 0 Å². The molecule has 2 N–H and O–H groups in total. The van der Waals surface area contributed by atoms with Gasteiger partial charge in [-0.25, -0.2) is 0 Å². The van der Waals surface area contributed by atoms with Crippen LogP contribution in [0, 0.1) is 0 Å². The Hall–Kier alpha value is -0.870. The van der Waals surface area contributed by atoms with Crippen LogP contribution >= 0.6 is 15.9 Å². The van der Waals surface area contributed by atoms with Gasteiger partial charge in [0, 0.05) is 10.5 Å². The molecule has 0 saturated heterocycles. The lowest BCUT2D eigenvalue weighted by molar-refractivity contribution is -0.140. The first-order valence-electron chi connectivity index (χ1n) is 4.69. The molecule has 0 heterocycles. The van der Waals surface area contributed by atoms with E-state index in [1.54, 1.807) is 0 Å². The lowest BCUT2D eigenvalue weighted by Crippen LogP contribution is -2.26. The third kappa shape index (κ3) is 4.01. The highest BCUT2D eigenvalue weighted by Gasteiger charge is 2.11.